The molecule has 1 heterocycles. The number of sulfonamides is 1. The number of rotatable bonds is 8. The topological polar surface area (TPSA) is 69.7 Å². The molecule has 0 spiro atoms. The molecule has 33 heavy (non-hydrogen) atoms. The number of nitrogens with one attached hydrogen (secondary N) is 1. The molecule has 0 saturated carbocycles. The molecule has 1 N–H and O–H groups in total. The van der Waals surface area contributed by atoms with Crippen LogP contribution in [0.5, 0.6) is 0 Å². The number of hydrogen-bond acceptors (Lipinski definition) is 4. The summed E-state index contributed by atoms with van der Waals surface area (Å²) in [6.45, 7) is 2.69. The number of benzene rings is 2. The minimum Gasteiger partial charge on any atom is -0.354 e. The van der Waals surface area contributed by atoms with Crippen LogP contribution in [0.25, 0.3) is 0 Å². The Bertz CT molecular complexity index is 1070. The van der Waals surface area contributed by atoms with Crippen LogP contribution in [0.3, 0.4) is 0 Å². The predicted molar refractivity (Wildman–Crippen MR) is 123 cm³/mol. The lowest BCUT2D eigenvalue weighted by molar-refractivity contribution is -0.126. The SMILES string of the molecule is CCc1ccc(C(CNC(=O)C2CCN(S(=O)(=O)c3cc(F)ccc3F)CC2)N(C)C)cc1. The second kappa shape index (κ2) is 10.7. The summed E-state index contributed by atoms with van der Waals surface area (Å²) in [6.07, 6.45) is 1.60. The molecule has 9 heteroatoms. The summed E-state index contributed by atoms with van der Waals surface area (Å²) in [6, 6.07) is 10.7. The van der Waals surface area contributed by atoms with Gasteiger partial charge in [0.25, 0.3) is 0 Å². The summed E-state index contributed by atoms with van der Waals surface area (Å²) in [5, 5.41) is 3.00. The van der Waals surface area contributed by atoms with Crippen LogP contribution in [0.15, 0.2) is 47.4 Å². The summed E-state index contributed by atoms with van der Waals surface area (Å²) < 4.78 is 54.1. The van der Waals surface area contributed by atoms with E-state index in [2.05, 4.69) is 36.5 Å². The standard InChI is InChI=1S/C24H31F2N3O3S/c1-4-17-5-7-18(8-6-17)22(28(2)3)16-27-24(30)19-11-13-29(14-12-19)33(31,32)23-15-20(25)9-10-21(23)26/h5-10,15,19,22H,4,11-14,16H2,1-3H3,(H,27,30). The van der Waals surface area contributed by atoms with Crippen molar-refractivity contribution in [1.82, 2.24) is 14.5 Å². The van der Waals surface area contributed by atoms with Gasteiger partial charge in [-0.2, -0.15) is 4.31 Å². The number of nitrogens with zero attached hydrogens (tertiary/aromatic N) is 2. The largest absolute Gasteiger partial charge is 0.354 e. The molecule has 0 aliphatic carbocycles. The number of piperidine rings is 1. The van der Waals surface area contributed by atoms with Gasteiger partial charge in [0, 0.05) is 25.6 Å². The lowest BCUT2D eigenvalue weighted by atomic mass is 9.96. The predicted octanol–water partition coefficient (Wildman–Crippen LogP) is 3.35. The number of aryl methyl sites for hydroxylation is 1. The van der Waals surface area contributed by atoms with Crippen molar-refractivity contribution in [3.63, 3.8) is 0 Å². The van der Waals surface area contributed by atoms with Crippen molar-refractivity contribution in [1.29, 1.82) is 0 Å². The number of amides is 1. The maximum Gasteiger partial charge on any atom is 0.246 e. The molecule has 3 rings (SSSR count). The smallest absolute Gasteiger partial charge is 0.246 e. The molecule has 1 atom stereocenters. The second-order valence-electron chi connectivity index (χ2n) is 8.57. The molecule has 1 unspecified atom stereocenters. The van der Waals surface area contributed by atoms with Crippen LogP contribution >= 0.6 is 0 Å². The zero-order valence-corrected chi connectivity index (χ0v) is 20.0. The average molecular weight is 480 g/mol. The zero-order valence-electron chi connectivity index (χ0n) is 19.2. The molecular weight excluding hydrogens is 448 g/mol. The van der Waals surface area contributed by atoms with Crippen LogP contribution in [0, 0.1) is 17.6 Å². The third-order valence-corrected chi connectivity index (χ3v) is 8.12. The van der Waals surface area contributed by atoms with Crippen LogP contribution in [-0.4, -0.2) is 57.3 Å². The van der Waals surface area contributed by atoms with E-state index in [1.807, 2.05) is 19.0 Å². The Kier molecular flexibility index (Phi) is 8.20. The summed E-state index contributed by atoms with van der Waals surface area (Å²) in [4.78, 5) is 14.1. The van der Waals surface area contributed by atoms with Crippen molar-refractivity contribution in [3.05, 3.63) is 65.2 Å². The van der Waals surface area contributed by atoms with Gasteiger partial charge in [0.2, 0.25) is 15.9 Å². The molecule has 0 radical (unpaired) electrons. The third kappa shape index (κ3) is 5.96. The van der Waals surface area contributed by atoms with Crippen molar-refractivity contribution >= 4 is 15.9 Å². The van der Waals surface area contributed by atoms with Gasteiger partial charge in [-0.15, -0.1) is 0 Å². The van der Waals surface area contributed by atoms with Gasteiger partial charge in [-0.05, 0) is 62.7 Å². The highest BCUT2D eigenvalue weighted by atomic mass is 32.2. The average Bonchev–Trinajstić information content (AvgIpc) is 2.80. The Labute approximate surface area is 194 Å². The summed E-state index contributed by atoms with van der Waals surface area (Å²) in [7, 11) is -0.248. The highest BCUT2D eigenvalue weighted by Crippen LogP contribution is 2.26. The van der Waals surface area contributed by atoms with E-state index in [1.54, 1.807) is 0 Å². The molecule has 2 aromatic rings. The molecule has 0 bridgehead atoms. The summed E-state index contributed by atoms with van der Waals surface area (Å²) in [5.41, 5.74) is 2.36. The molecule has 1 aliphatic heterocycles. The molecule has 1 saturated heterocycles. The van der Waals surface area contributed by atoms with E-state index in [9.17, 15) is 22.0 Å². The fourth-order valence-corrected chi connectivity index (χ4v) is 5.63. The lowest BCUT2D eigenvalue weighted by Gasteiger charge is -2.31. The van der Waals surface area contributed by atoms with E-state index in [0.717, 1.165) is 28.4 Å². The van der Waals surface area contributed by atoms with Gasteiger partial charge in [0.1, 0.15) is 16.5 Å². The van der Waals surface area contributed by atoms with Crippen LogP contribution in [0.4, 0.5) is 8.78 Å². The molecule has 1 amide bonds. The fourth-order valence-electron chi connectivity index (χ4n) is 4.09. The van der Waals surface area contributed by atoms with Crippen molar-refractivity contribution < 1.29 is 22.0 Å². The van der Waals surface area contributed by atoms with Crippen molar-refractivity contribution in [2.45, 2.75) is 37.1 Å². The van der Waals surface area contributed by atoms with Crippen LogP contribution < -0.4 is 5.32 Å². The first kappa shape index (κ1) is 25.3. The Morgan fingerprint density at radius 1 is 1.12 bits per heavy atom. The monoisotopic (exact) mass is 479 g/mol. The Balaban J connectivity index is 1.59. The zero-order chi connectivity index (χ0) is 24.2. The number of hydrogen-bond donors (Lipinski definition) is 1. The number of carbonyl (C=O) groups is 1. The van der Waals surface area contributed by atoms with Crippen molar-refractivity contribution in [3.8, 4) is 0 Å². The second-order valence-corrected chi connectivity index (χ2v) is 10.5. The van der Waals surface area contributed by atoms with Gasteiger partial charge in [-0.25, -0.2) is 17.2 Å². The van der Waals surface area contributed by atoms with Gasteiger partial charge in [-0.3, -0.25) is 4.79 Å². The number of halogens is 2. The molecule has 180 valence electrons. The summed E-state index contributed by atoms with van der Waals surface area (Å²) in [5.74, 6) is -2.26. The number of likely N-dealkylation sites (N-methyl/N-ethyl adjacent to an activating group) is 1. The van der Waals surface area contributed by atoms with E-state index in [4.69, 9.17) is 0 Å². The quantitative estimate of drug-likeness (QED) is 0.631. The Morgan fingerprint density at radius 3 is 2.33 bits per heavy atom. The first-order chi connectivity index (χ1) is 15.6. The van der Waals surface area contributed by atoms with Crippen LogP contribution in [-0.2, 0) is 21.2 Å². The molecular formula is C24H31F2N3O3S. The van der Waals surface area contributed by atoms with E-state index in [0.29, 0.717) is 25.5 Å². The molecule has 2 aromatic carbocycles. The van der Waals surface area contributed by atoms with Gasteiger partial charge >= 0.3 is 0 Å². The van der Waals surface area contributed by atoms with E-state index in [-0.39, 0.29) is 31.0 Å². The molecule has 1 aliphatic rings. The van der Waals surface area contributed by atoms with E-state index < -0.39 is 26.6 Å². The first-order valence-electron chi connectivity index (χ1n) is 11.1. The highest BCUT2D eigenvalue weighted by Gasteiger charge is 2.34. The maximum atomic E-state index is 14.0. The lowest BCUT2D eigenvalue weighted by Crippen LogP contribution is -2.44. The van der Waals surface area contributed by atoms with Crippen molar-refractivity contribution in [2.24, 2.45) is 5.92 Å². The third-order valence-electron chi connectivity index (χ3n) is 6.20. The van der Waals surface area contributed by atoms with Crippen LogP contribution in [0.1, 0.15) is 36.9 Å². The first-order valence-corrected chi connectivity index (χ1v) is 12.6. The maximum absolute atomic E-state index is 14.0. The van der Waals surface area contributed by atoms with Gasteiger partial charge < -0.3 is 10.2 Å². The highest BCUT2D eigenvalue weighted by molar-refractivity contribution is 7.89. The van der Waals surface area contributed by atoms with Gasteiger partial charge in [0.15, 0.2) is 0 Å². The van der Waals surface area contributed by atoms with Crippen molar-refractivity contribution in [2.75, 3.05) is 33.7 Å². The Hall–Kier alpha value is -2.36. The molecule has 0 aromatic heterocycles. The minimum atomic E-state index is -4.16. The normalized spacial score (nSPS) is 16.7. The Morgan fingerprint density at radius 2 is 1.76 bits per heavy atom. The summed E-state index contributed by atoms with van der Waals surface area (Å²) >= 11 is 0. The van der Waals surface area contributed by atoms with Gasteiger partial charge in [-0.1, -0.05) is 31.2 Å². The van der Waals surface area contributed by atoms with E-state index in [1.165, 1.54) is 5.56 Å². The van der Waals surface area contributed by atoms with E-state index >= 15 is 0 Å². The minimum absolute atomic E-state index is 0.0104. The number of carbonyl (C=O) groups excluding carboxylic acids is 1. The molecule has 1 fully saturated rings. The fraction of sp³-hybridized carbons (Fsp3) is 0.458. The molecule has 6 nitrogen and oxygen atoms in total. The van der Waals surface area contributed by atoms with Gasteiger partial charge in [0.05, 0.1) is 6.04 Å². The van der Waals surface area contributed by atoms with Crippen LogP contribution in [0.2, 0.25) is 0 Å².